The Hall–Kier alpha value is -3.35. The Bertz CT molecular complexity index is 922. The van der Waals surface area contributed by atoms with Crippen LogP contribution in [-0.4, -0.2) is 26.8 Å². The van der Waals surface area contributed by atoms with Gasteiger partial charge >= 0.3 is 6.36 Å². The van der Waals surface area contributed by atoms with E-state index in [-0.39, 0.29) is 23.0 Å². The maximum absolute atomic E-state index is 12.2. The Morgan fingerprint density at radius 2 is 1.92 bits per heavy atom. The first kappa shape index (κ1) is 16.5. The van der Waals surface area contributed by atoms with Crippen molar-refractivity contribution in [2.45, 2.75) is 19.7 Å². The van der Waals surface area contributed by atoms with Crippen molar-refractivity contribution in [3.63, 3.8) is 0 Å². The third kappa shape index (κ3) is 3.45. The van der Waals surface area contributed by atoms with Gasteiger partial charge in [0.05, 0.1) is 0 Å². The lowest BCUT2D eigenvalue weighted by Crippen LogP contribution is -2.16. The molecule has 2 heterocycles. The van der Waals surface area contributed by atoms with Gasteiger partial charge in [-0.3, -0.25) is 0 Å². The predicted octanol–water partition coefficient (Wildman–Crippen LogP) is 3.46. The molecule has 3 rings (SSSR count). The molecule has 0 radical (unpaired) electrons. The number of oxazole rings is 1. The van der Waals surface area contributed by atoms with Gasteiger partial charge in [-0.1, -0.05) is 6.92 Å². The molecule has 128 valence electrons. The van der Waals surface area contributed by atoms with E-state index in [0.29, 0.717) is 23.4 Å². The number of rotatable bonds is 4. The molecule has 0 aliphatic heterocycles. The van der Waals surface area contributed by atoms with Crippen molar-refractivity contribution in [3.8, 4) is 34.7 Å². The average molecular weight is 349 g/mol. The molecule has 3 aromatic rings. The molecule has 1 aromatic carbocycles. The molecular weight excluding hydrogens is 339 g/mol. The van der Waals surface area contributed by atoms with Crippen LogP contribution < -0.4 is 4.74 Å². The van der Waals surface area contributed by atoms with Gasteiger partial charge in [0.1, 0.15) is 23.3 Å². The zero-order valence-electron chi connectivity index (χ0n) is 12.8. The van der Waals surface area contributed by atoms with Crippen molar-refractivity contribution in [3.05, 3.63) is 35.7 Å². The topological polar surface area (TPSA) is 101 Å². The van der Waals surface area contributed by atoms with E-state index in [4.69, 9.17) is 9.68 Å². The Morgan fingerprint density at radius 3 is 2.52 bits per heavy atom. The van der Waals surface area contributed by atoms with Crippen molar-refractivity contribution >= 4 is 0 Å². The van der Waals surface area contributed by atoms with Crippen LogP contribution in [0, 0.1) is 11.3 Å². The summed E-state index contributed by atoms with van der Waals surface area (Å²) in [5.74, 6) is 0.329. The quantitative estimate of drug-likeness (QED) is 0.774. The Morgan fingerprint density at radius 1 is 1.20 bits per heavy atom. The van der Waals surface area contributed by atoms with Gasteiger partial charge in [0, 0.05) is 12.0 Å². The largest absolute Gasteiger partial charge is 0.573 e. The normalized spacial score (nSPS) is 11.3. The molecule has 1 N–H and O–H groups in total. The molecule has 0 spiro atoms. The van der Waals surface area contributed by atoms with Crippen LogP contribution >= 0.6 is 0 Å². The third-order valence-electron chi connectivity index (χ3n) is 3.23. The van der Waals surface area contributed by atoms with Gasteiger partial charge < -0.3 is 9.15 Å². The summed E-state index contributed by atoms with van der Waals surface area (Å²) in [7, 11) is 0. The van der Waals surface area contributed by atoms with Crippen LogP contribution in [0.1, 0.15) is 18.4 Å². The summed E-state index contributed by atoms with van der Waals surface area (Å²) in [6.45, 7) is 1.83. The van der Waals surface area contributed by atoms with Crippen LogP contribution in [0.3, 0.4) is 0 Å². The predicted molar refractivity (Wildman–Crippen MR) is 78.1 cm³/mol. The van der Waals surface area contributed by atoms with E-state index in [1.165, 1.54) is 12.1 Å². The first-order valence-corrected chi connectivity index (χ1v) is 7.08. The van der Waals surface area contributed by atoms with E-state index >= 15 is 0 Å². The summed E-state index contributed by atoms with van der Waals surface area (Å²) in [6, 6.07) is 7.00. The first-order valence-electron chi connectivity index (χ1n) is 7.08. The number of nitriles is 1. The van der Waals surface area contributed by atoms with E-state index in [0.717, 1.165) is 12.1 Å². The number of hydrogen-bond acceptors (Lipinski definition) is 6. The number of nitrogens with zero attached hydrogens (tertiary/aromatic N) is 4. The number of ether oxygens (including phenoxy) is 1. The van der Waals surface area contributed by atoms with Gasteiger partial charge in [-0.05, 0) is 24.3 Å². The minimum Gasteiger partial charge on any atom is -0.440 e. The smallest absolute Gasteiger partial charge is 0.440 e. The highest BCUT2D eigenvalue weighted by atomic mass is 19.4. The SMILES string of the molecule is CCc1oc(-c2ccc(OC(F)(F)F)cc2)nc1-c1n[nH]nc1C#N. The molecule has 10 heteroatoms. The second-order valence-electron chi connectivity index (χ2n) is 4.85. The van der Waals surface area contributed by atoms with Gasteiger partial charge in [0.2, 0.25) is 5.89 Å². The molecule has 2 aromatic heterocycles. The highest BCUT2D eigenvalue weighted by Crippen LogP contribution is 2.31. The van der Waals surface area contributed by atoms with Crippen LogP contribution in [0.5, 0.6) is 5.75 Å². The summed E-state index contributed by atoms with van der Waals surface area (Å²) in [4.78, 5) is 4.30. The number of hydrogen-bond donors (Lipinski definition) is 1. The number of aromatic nitrogens is 4. The monoisotopic (exact) mass is 349 g/mol. The second kappa shape index (κ2) is 6.27. The number of alkyl halides is 3. The van der Waals surface area contributed by atoms with E-state index in [1.807, 2.05) is 13.0 Å². The van der Waals surface area contributed by atoms with Gasteiger partial charge in [0.15, 0.2) is 11.4 Å². The molecule has 0 bridgehead atoms. The molecule has 0 saturated carbocycles. The number of aromatic amines is 1. The number of H-pyrrole nitrogens is 1. The van der Waals surface area contributed by atoms with Crippen LogP contribution in [0.15, 0.2) is 28.7 Å². The molecule has 0 amide bonds. The number of halogens is 3. The van der Waals surface area contributed by atoms with Crippen LogP contribution in [0.25, 0.3) is 22.8 Å². The Labute approximate surface area is 139 Å². The van der Waals surface area contributed by atoms with Gasteiger partial charge in [-0.2, -0.15) is 15.6 Å². The van der Waals surface area contributed by atoms with Crippen LogP contribution in [0.2, 0.25) is 0 Å². The van der Waals surface area contributed by atoms with Crippen molar-refractivity contribution < 1.29 is 22.3 Å². The summed E-state index contributed by atoms with van der Waals surface area (Å²) in [5, 5.41) is 19.0. The van der Waals surface area contributed by atoms with E-state index < -0.39 is 6.36 Å². The van der Waals surface area contributed by atoms with Crippen LogP contribution in [-0.2, 0) is 6.42 Å². The molecule has 0 fully saturated rings. The molecule has 0 saturated heterocycles. The number of benzene rings is 1. The summed E-state index contributed by atoms with van der Waals surface area (Å²) in [5.41, 5.74) is 1.14. The fraction of sp³-hybridized carbons (Fsp3) is 0.200. The van der Waals surface area contributed by atoms with E-state index in [9.17, 15) is 13.2 Å². The maximum atomic E-state index is 12.2. The lowest BCUT2D eigenvalue weighted by Gasteiger charge is -2.08. The van der Waals surface area contributed by atoms with Crippen molar-refractivity contribution in [1.82, 2.24) is 20.4 Å². The molecule has 0 atom stereocenters. The summed E-state index contributed by atoms with van der Waals surface area (Å²) in [6.07, 6.45) is -4.27. The second-order valence-corrected chi connectivity index (χ2v) is 4.85. The molecule has 0 aliphatic carbocycles. The fourth-order valence-corrected chi connectivity index (χ4v) is 2.17. The van der Waals surface area contributed by atoms with E-state index in [2.05, 4.69) is 25.1 Å². The lowest BCUT2D eigenvalue weighted by atomic mass is 10.2. The average Bonchev–Trinajstić information content (AvgIpc) is 3.19. The van der Waals surface area contributed by atoms with E-state index in [1.54, 1.807) is 0 Å². The molecule has 0 aliphatic rings. The van der Waals surface area contributed by atoms with Crippen molar-refractivity contribution in [2.24, 2.45) is 0 Å². The van der Waals surface area contributed by atoms with Gasteiger partial charge in [-0.25, -0.2) is 4.98 Å². The highest BCUT2D eigenvalue weighted by Gasteiger charge is 2.31. The molecular formula is C15H10F3N5O2. The minimum atomic E-state index is -4.76. The van der Waals surface area contributed by atoms with Crippen molar-refractivity contribution in [1.29, 1.82) is 5.26 Å². The number of nitrogens with one attached hydrogen (secondary N) is 1. The first-order chi connectivity index (χ1) is 11.9. The molecule has 0 unspecified atom stereocenters. The van der Waals surface area contributed by atoms with Gasteiger partial charge in [-0.15, -0.1) is 18.3 Å². The minimum absolute atomic E-state index is 0.0727. The van der Waals surface area contributed by atoms with Crippen LogP contribution in [0.4, 0.5) is 13.2 Å². The number of aryl methyl sites for hydroxylation is 1. The molecule has 7 nitrogen and oxygen atoms in total. The third-order valence-corrected chi connectivity index (χ3v) is 3.23. The standard InChI is InChI=1S/C15H10F3N5O2/c1-2-11-13(12-10(7-19)21-23-22-12)20-14(24-11)8-3-5-9(6-4-8)25-15(16,17)18/h3-6H,2H2,1H3,(H,21,22,23). The Kier molecular flexibility index (Phi) is 4.14. The molecule has 25 heavy (non-hydrogen) atoms. The Balaban J connectivity index is 1.95. The lowest BCUT2D eigenvalue weighted by molar-refractivity contribution is -0.274. The maximum Gasteiger partial charge on any atom is 0.573 e. The fourth-order valence-electron chi connectivity index (χ4n) is 2.17. The zero-order chi connectivity index (χ0) is 18.0. The van der Waals surface area contributed by atoms with Gasteiger partial charge in [0.25, 0.3) is 0 Å². The van der Waals surface area contributed by atoms with Crippen molar-refractivity contribution in [2.75, 3.05) is 0 Å². The summed E-state index contributed by atoms with van der Waals surface area (Å²) >= 11 is 0. The summed E-state index contributed by atoms with van der Waals surface area (Å²) < 4.78 is 46.1. The zero-order valence-corrected chi connectivity index (χ0v) is 12.8. The highest BCUT2D eigenvalue weighted by molar-refractivity contribution is 5.66.